The molecule has 3 heteroatoms. The van der Waals surface area contributed by atoms with Crippen molar-refractivity contribution in [2.45, 2.75) is 25.9 Å². The third kappa shape index (κ3) is 1.67. The van der Waals surface area contributed by atoms with Crippen LogP contribution in [0.4, 0.5) is 0 Å². The number of amides is 1. The summed E-state index contributed by atoms with van der Waals surface area (Å²) in [5.41, 5.74) is 0. The number of hydrogen-bond acceptors (Lipinski definition) is 2. The predicted molar refractivity (Wildman–Crippen MR) is 46.8 cm³/mol. The van der Waals surface area contributed by atoms with Crippen molar-refractivity contribution in [2.75, 3.05) is 13.2 Å². The molecule has 1 heterocycles. The van der Waals surface area contributed by atoms with Gasteiger partial charge >= 0.3 is 0 Å². The van der Waals surface area contributed by atoms with Crippen LogP contribution in [0.1, 0.15) is 13.8 Å². The third-order valence-corrected chi connectivity index (χ3v) is 2.10. The smallest absolute Gasteiger partial charge is 0.246 e. The summed E-state index contributed by atoms with van der Waals surface area (Å²) in [5.74, 6) is -0.00157. The second-order valence-corrected chi connectivity index (χ2v) is 3.19. The Bertz CT molecular complexity index is 181. The Morgan fingerprint density at radius 3 is 2.42 bits per heavy atom. The number of ether oxygens (including phenoxy) is 1. The molecule has 1 rings (SSSR count). The Morgan fingerprint density at radius 1 is 1.50 bits per heavy atom. The molecule has 0 aromatic rings. The van der Waals surface area contributed by atoms with Gasteiger partial charge in [0.05, 0.1) is 25.3 Å². The van der Waals surface area contributed by atoms with Gasteiger partial charge in [-0.2, -0.15) is 0 Å². The van der Waals surface area contributed by atoms with E-state index in [0.29, 0.717) is 13.2 Å². The third-order valence-electron chi connectivity index (χ3n) is 2.10. The summed E-state index contributed by atoms with van der Waals surface area (Å²) in [7, 11) is 0. The van der Waals surface area contributed by atoms with Crippen LogP contribution in [-0.4, -0.2) is 36.1 Å². The summed E-state index contributed by atoms with van der Waals surface area (Å²) in [6, 6.07) is 0.332. The van der Waals surface area contributed by atoms with Crippen molar-refractivity contribution >= 4 is 5.91 Å². The van der Waals surface area contributed by atoms with Crippen molar-refractivity contribution in [3.05, 3.63) is 12.7 Å². The fourth-order valence-electron chi connectivity index (χ4n) is 1.54. The molecule has 0 N–H and O–H groups in total. The van der Waals surface area contributed by atoms with Gasteiger partial charge in [0.1, 0.15) is 0 Å². The average Bonchev–Trinajstić information content (AvgIpc) is 2.03. The fraction of sp³-hybridized carbons (Fsp3) is 0.667. The standard InChI is InChI=1S/C9H15NO2/c1-4-9(11)10-7(2)5-12-6-8(10)3/h4,7-8H,1,5-6H2,2-3H3. The number of nitrogens with zero attached hydrogens (tertiary/aromatic N) is 1. The molecular weight excluding hydrogens is 154 g/mol. The molecule has 2 unspecified atom stereocenters. The quantitative estimate of drug-likeness (QED) is 0.544. The van der Waals surface area contributed by atoms with Crippen LogP contribution in [0.15, 0.2) is 12.7 Å². The zero-order valence-corrected chi connectivity index (χ0v) is 7.62. The number of morpholine rings is 1. The van der Waals surface area contributed by atoms with Gasteiger partial charge in [-0.25, -0.2) is 0 Å². The van der Waals surface area contributed by atoms with E-state index < -0.39 is 0 Å². The van der Waals surface area contributed by atoms with Crippen molar-refractivity contribution < 1.29 is 9.53 Å². The van der Waals surface area contributed by atoms with E-state index in [2.05, 4.69) is 6.58 Å². The number of hydrogen-bond donors (Lipinski definition) is 0. The summed E-state index contributed by atoms with van der Waals surface area (Å²) in [6.07, 6.45) is 1.36. The lowest BCUT2D eigenvalue weighted by molar-refractivity contribution is -0.138. The van der Waals surface area contributed by atoms with Crippen LogP contribution in [0, 0.1) is 0 Å². The number of carbonyl (C=O) groups is 1. The SMILES string of the molecule is C=CC(=O)N1C(C)COCC1C. The molecule has 0 bridgehead atoms. The van der Waals surface area contributed by atoms with Gasteiger partial charge in [0.2, 0.25) is 5.91 Å². The summed E-state index contributed by atoms with van der Waals surface area (Å²) in [4.78, 5) is 13.2. The Morgan fingerprint density at radius 2 is 2.00 bits per heavy atom. The van der Waals surface area contributed by atoms with Gasteiger partial charge in [-0.05, 0) is 19.9 Å². The number of rotatable bonds is 1. The van der Waals surface area contributed by atoms with Crippen LogP contribution in [0.5, 0.6) is 0 Å². The van der Waals surface area contributed by atoms with Gasteiger partial charge < -0.3 is 9.64 Å². The molecule has 2 atom stereocenters. The van der Waals surface area contributed by atoms with E-state index in [4.69, 9.17) is 4.74 Å². The van der Waals surface area contributed by atoms with Crippen LogP contribution in [0.25, 0.3) is 0 Å². The van der Waals surface area contributed by atoms with Gasteiger partial charge in [-0.3, -0.25) is 4.79 Å². The van der Waals surface area contributed by atoms with Crippen molar-refractivity contribution in [3.63, 3.8) is 0 Å². The normalized spacial score (nSPS) is 30.0. The minimum atomic E-state index is -0.00157. The van der Waals surface area contributed by atoms with Gasteiger partial charge in [-0.15, -0.1) is 0 Å². The fourth-order valence-corrected chi connectivity index (χ4v) is 1.54. The highest BCUT2D eigenvalue weighted by molar-refractivity contribution is 5.87. The Kier molecular flexibility index (Phi) is 2.87. The predicted octanol–water partition coefficient (Wildman–Crippen LogP) is 0.808. The second kappa shape index (κ2) is 3.72. The largest absolute Gasteiger partial charge is 0.377 e. The van der Waals surface area contributed by atoms with Gasteiger partial charge in [0.25, 0.3) is 0 Å². The zero-order chi connectivity index (χ0) is 9.14. The first kappa shape index (κ1) is 9.26. The van der Waals surface area contributed by atoms with Crippen LogP contribution >= 0.6 is 0 Å². The van der Waals surface area contributed by atoms with Crippen LogP contribution < -0.4 is 0 Å². The lowest BCUT2D eigenvalue weighted by atomic mass is 10.1. The molecule has 12 heavy (non-hydrogen) atoms. The molecule has 0 spiro atoms. The van der Waals surface area contributed by atoms with E-state index in [1.807, 2.05) is 18.7 Å². The molecule has 0 aromatic heterocycles. The highest BCUT2D eigenvalue weighted by atomic mass is 16.5. The monoisotopic (exact) mass is 169 g/mol. The Hall–Kier alpha value is -0.830. The molecule has 0 radical (unpaired) electrons. The van der Waals surface area contributed by atoms with Crippen molar-refractivity contribution in [2.24, 2.45) is 0 Å². The molecular formula is C9H15NO2. The Labute approximate surface area is 73.0 Å². The van der Waals surface area contributed by atoms with E-state index in [-0.39, 0.29) is 18.0 Å². The summed E-state index contributed by atoms with van der Waals surface area (Å²) >= 11 is 0. The molecule has 68 valence electrons. The van der Waals surface area contributed by atoms with Crippen molar-refractivity contribution in [1.82, 2.24) is 4.90 Å². The molecule has 1 fully saturated rings. The molecule has 0 aliphatic carbocycles. The van der Waals surface area contributed by atoms with Gasteiger partial charge in [-0.1, -0.05) is 6.58 Å². The molecule has 1 amide bonds. The van der Waals surface area contributed by atoms with Crippen LogP contribution in [0.2, 0.25) is 0 Å². The molecule has 1 aliphatic heterocycles. The highest BCUT2D eigenvalue weighted by Gasteiger charge is 2.27. The summed E-state index contributed by atoms with van der Waals surface area (Å²) in [5, 5.41) is 0. The summed E-state index contributed by atoms with van der Waals surface area (Å²) in [6.45, 7) is 8.70. The molecule has 0 saturated carbocycles. The first-order valence-corrected chi connectivity index (χ1v) is 4.19. The minimum Gasteiger partial charge on any atom is -0.377 e. The van der Waals surface area contributed by atoms with E-state index in [0.717, 1.165) is 0 Å². The maximum atomic E-state index is 11.3. The van der Waals surface area contributed by atoms with E-state index in [1.165, 1.54) is 6.08 Å². The lowest BCUT2D eigenvalue weighted by Gasteiger charge is -2.38. The molecule has 1 saturated heterocycles. The average molecular weight is 169 g/mol. The molecule has 0 aromatic carbocycles. The maximum absolute atomic E-state index is 11.3. The molecule has 3 nitrogen and oxygen atoms in total. The maximum Gasteiger partial charge on any atom is 0.246 e. The minimum absolute atomic E-state index is 0.00157. The van der Waals surface area contributed by atoms with E-state index in [1.54, 1.807) is 0 Å². The number of carbonyl (C=O) groups excluding carboxylic acids is 1. The molecule has 1 aliphatic rings. The first-order chi connectivity index (χ1) is 5.66. The van der Waals surface area contributed by atoms with Crippen molar-refractivity contribution in [1.29, 1.82) is 0 Å². The van der Waals surface area contributed by atoms with E-state index in [9.17, 15) is 4.79 Å². The van der Waals surface area contributed by atoms with Crippen molar-refractivity contribution in [3.8, 4) is 0 Å². The first-order valence-electron chi connectivity index (χ1n) is 4.19. The van der Waals surface area contributed by atoms with Gasteiger partial charge in [0.15, 0.2) is 0 Å². The van der Waals surface area contributed by atoms with Crippen LogP contribution in [-0.2, 0) is 9.53 Å². The van der Waals surface area contributed by atoms with E-state index >= 15 is 0 Å². The van der Waals surface area contributed by atoms with Gasteiger partial charge in [0, 0.05) is 0 Å². The van der Waals surface area contributed by atoms with Crippen LogP contribution in [0.3, 0.4) is 0 Å². The topological polar surface area (TPSA) is 29.5 Å². The highest BCUT2D eigenvalue weighted by Crippen LogP contribution is 2.12. The Balaban J connectivity index is 2.68. The zero-order valence-electron chi connectivity index (χ0n) is 7.62. The summed E-state index contributed by atoms with van der Waals surface area (Å²) < 4.78 is 5.29. The second-order valence-electron chi connectivity index (χ2n) is 3.19. The lowest BCUT2D eigenvalue weighted by Crippen LogP contribution is -2.51.